The molecule has 0 radical (unpaired) electrons. The van der Waals surface area contributed by atoms with Crippen LogP contribution in [0.25, 0.3) is 0 Å². The van der Waals surface area contributed by atoms with Crippen LogP contribution in [0.3, 0.4) is 0 Å². The van der Waals surface area contributed by atoms with E-state index in [1.165, 1.54) is 0 Å². The fourth-order valence-corrected chi connectivity index (χ4v) is 1.16. The number of hydrogen-bond acceptors (Lipinski definition) is 3. The quantitative estimate of drug-likeness (QED) is 0.794. The lowest BCUT2D eigenvalue weighted by Gasteiger charge is -2.12. The minimum absolute atomic E-state index is 0.385. The molecule has 1 rings (SSSR count). The highest BCUT2D eigenvalue weighted by Gasteiger charge is 2.02. The van der Waals surface area contributed by atoms with Gasteiger partial charge in [0.05, 0.1) is 11.6 Å². The molecule has 0 aliphatic heterocycles. The van der Waals surface area contributed by atoms with Gasteiger partial charge in [-0.2, -0.15) is 5.26 Å². The highest BCUT2D eigenvalue weighted by molar-refractivity contribution is 5.44. The van der Waals surface area contributed by atoms with Gasteiger partial charge in [0.1, 0.15) is 5.82 Å². The number of nitrogens with zero attached hydrogens (tertiary/aromatic N) is 2. The molecule has 3 heteroatoms. The Morgan fingerprint density at radius 2 is 2.29 bits per heavy atom. The van der Waals surface area contributed by atoms with Gasteiger partial charge in [0.15, 0.2) is 0 Å². The molecule has 1 aromatic heterocycles. The number of nitriles is 1. The van der Waals surface area contributed by atoms with Crippen LogP contribution in [0, 0.1) is 18.3 Å². The van der Waals surface area contributed by atoms with Crippen molar-refractivity contribution in [1.82, 2.24) is 4.98 Å². The summed E-state index contributed by atoms with van der Waals surface area (Å²) >= 11 is 0. The summed E-state index contributed by atoms with van der Waals surface area (Å²) < 4.78 is 0. The molecule has 3 nitrogen and oxygen atoms in total. The summed E-state index contributed by atoms with van der Waals surface area (Å²) in [7, 11) is 0. The maximum atomic E-state index is 8.77. The summed E-state index contributed by atoms with van der Waals surface area (Å²) in [4.78, 5) is 4.31. The third-order valence-electron chi connectivity index (χ3n) is 2.09. The second-order valence-electron chi connectivity index (χ2n) is 3.45. The predicted molar refractivity (Wildman–Crippen MR) is 57.1 cm³/mol. The molecule has 0 fully saturated rings. The van der Waals surface area contributed by atoms with Gasteiger partial charge >= 0.3 is 0 Å². The van der Waals surface area contributed by atoms with Crippen LogP contribution in [0.4, 0.5) is 5.82 Å². The van der Waals surface area contributed by atoms with Crippen LogP contribution in [0.1, 0.15) is 31.5 Å². The van der Waals surface area contributed by atoms with Crippen LogP contribution < -0.4 is 5.32 Å². The Kier molecular flexibility index (Phi) is 3.47. The number of aryl methyl sites for hydroxylation is 1. The van der Waals surface area contributed by atoms with Crippen molar-refractivity contribution in [1.29, 1.82) is 5.26 Å². The zero-order valence-corrected chi connectivity index (χ0v) is 8.83. The Hall–Kier alpha value is -1.56. The first-order valence-corrected chi connectivity index (χ1v) is 4.81. The van der Waals surface area contributed by atoms with Gasteiger partial charge in [-0.3, -0.25) is 0 Å². The Morgan fingerprint density at radius 3 is 2.86 bits per heavy atom. The zero-order chi connectivity index (χ0) is 10.6. The van der Waals surface area contributed by atoms with Crippen molar-refractivity contribution in [3.63, 3.8) is 0 Å². The lowest BCUT2D eigenvalue weighted by Crippen LogP contribution is -2.14. The molecular weight excluding hydrogens is 174 g/mol. The first-order valence-electron chi connectivity index (χ1n) is 4.81. The van der Waals surface area contributed by atoms with E-state index in [9.17, 15) is 0 Å². The molecule has 1 atom stereocenters. The molecule has 0 aliphatic rings. The number of hydrogen-bond donors (Lipinski definition) is 1. The van der Waals surface area contributed by atoms with Crippen LogP contribution in [0.15, 0.2) is 12.1 Å². The smallest absolute Gasteiger partial charge is 0.127 e. The van der Waals surface area contributed by atoms with Crippen molar-refractivity contribution in [3.8, 4) is 6.07 Å². The fourth-order valence-electron chi connectivity index (χ4n) is 1.16. The van der Waals surface area contributed by atoms with E-state index >= 15 is 0 Å². The Balaban J connectivity index is 2.88. The summed E-state index contributed by atoms with van der Waals surface area (Å²) in [5.41, 5.74) is 1.53. The highest BCUT2D eigenvalue weighted by atomic mass is 15.0. The van der Waals surface area contributed by atoms with E-state index in [0.29, 0.717) is 11.6 Å². The van der Waals surface area contributed by atoms with Crippen LogP contribution in [0.5, 0.6) is 0 Å². The summed E-state index contributed by atoms with van der Waals surface area (Å²) in [6.45, 7) is 6.09. The second kappa shape index (κ2) is 4.61. The third kappa shape index (κ3) is 2.74. The maximum Gasteiger partial charge on any atom is 0.127 e. The average Bonchev–Trinajstić information content (AvgIpc) is 2.16. The zero-order valence-electron chi connectivity index (χ0n) is 8.83. The van der Waals surface area contributed by atoms with E-state index in [2.05, 4.69) is 30.2 Å². The van der Waals surface area contributed by atoms with Gasteiger partial charge in [0, 0.05) is 11.7 Å². The molecule has 1 aromatic rings. The van der Waals surface area contributed by atoms with Crippen molar-refractivity contribution >= 4 is 5.82 Å². The van der Waals surface area contributed by atoms with Gasteiger partial charge in [-0.05, 0) is 32.4 Å². The average molecular weight is 189 g/mol. The molecule has 0 bridgehead atoms. The Morgan fingerprint density at radius 1 is 1.57 bits per heavy atom. The molecule has 0 aliphatic carbocycles. The number of pyridine rings is 1. The highest BCUT2D eigenvalue weighted by Crippen LogP contribution is 2.10. The minimum Gasteiger partial charge on any atom is -0.368 e. The summed E-state index contributed by atoms with van der Waals surface area (Å²) in [6.07, 6.45) is 1.04. The van der Waals surface area contributed by atoms with Crippen LogP contribution in [0.2, 0.25) is 0 Å². The van der Waals surface area contributed by atoms with Crippen molar-refractivity contribution in [2.24, 2.45) is 0 Å². The van der Waals surface area contributed by atoms with Crippen molar-refractivity contribution in [3.05, 3.63) is 23.4 Å². The number of anilines is 1. The van der Waals surface area contributed by atoms with Crippen LogP contribution in [-0.4, -0.2) is 11.0 Å². The summed E-state index contributed by atoms with van der Waals surface area (Å²) in [5.74, 6) is 0.788. The third-order valence-corrected chi connectivity index (χ3v) is 2.09. The molecule has 74 valence electrons. The molecule has 0 amide bonds. The molecule has 0 saturated carbocycles. The molecule has 0 aromatic carbocycles. The van der Waals surface area contributed by atoms with Gasteiger partial charge in [0.2, 0.25) is 0 Å². The van der Waals surface area contributed by atoms with Crippen LogP contribution >= 0.6 is 0 Å². The topological polar surface area (TPSA) is 48.7 Å². The lowest BCUT2D eigenvalue weighted by atomic mass is 10.2. The van der Waals surface area contributed by atoms with Gasteiger partial charge in [-0.25, -0.2) is 4.98 Å². The first kappa shape index (κ1) is 10.5. The molecule has 1 heterocycles. The molecule has 14 heavy (non-hydrogen) atoms. The standard InChI is InChI=1S/C11H15N3/c1-4-8(2)13-11-6-10(7-12)5-9(3)14-11/h5-6,8H,4H2,1-3H3,(H,13,14). The van der Waals surface area contributed by atoms with E-state index in [0.717, 1.165) is 17.9 Å². The summed E-state index contributed by atoms with van der Waals surface area (Å²) in [6, 6.07) is 6.06. The van der Waals surface area contributed by atoms with Gasteiger partial charge in [-0.1, -0.05) is 6.92 Å². The van der Waals surface area contributed by atoms with Crippen molar-refractivity contribution < 1.29 is 0 Å². The first-order chi connectivity index (χ1) is 6.65. The minimum atomic E-state index is 0.385. The molecular formula is C11H15N3. The number of aromatic nitrogens is 1. The second-order valence-corrected chi connectivity index (χ2v) is 3.45. The number of nitrogens with one attached hydrogen (secondary N) is 1. The number of rotatable bonds is 3. The van der Waals surface area contributed by atoms with Crippen molar-refractivity contribution in [2.75, 3.05) is 5.32 Å². The van der Waals surface area contributed by atoms with Gasteiger partial charge in [0.25, 0.3) is 0 Å². The molecule has 1 unspecified atom stereocenters. The fraction of sp³-hybridized carbons (Fsp3) is 0.455. The van der Waals surface area contributed by atoms with Crippen LogP contribution in [-0.2, 0) is 0 Å². The van der Waals surface area contributed by atoms with E-state index in [1.54, 1.807) is 12.1 Å². The Bertz CT molecular complexity index is 352. The van der Waals surface area contributed by atoms with Gasteiger partial charge < -0.3 is 5.32 Å². The normalized spacial score (nSPS) is 11.9. The summed E-state index contributed by atoms with van der Waals surface area (Å²) in [5, 5.41) is 12.0. The van der Waals surface area contributed by atoms with E-state index in [4.69, 9.17) is 5.26 Å². The van der Waals surface area contributed by atoms with Crippen molar-refractivity contribution in [2.45, 2.75) is 33.2 Å². The lowest BCUT2D eigenvalue weighted by molar-refractivity contribution is 0.758. The molecule has 1 N–H and O–H groups in total. The van der Waals surface area contributed by atoms with E-state index in [-0.39, 0.29) is 0 Å². The predicted octanol–water partition coefficient (Wildman–Crippen LogP) is 2.47. The monoisotopic (exact) mass is 189 g/mol. The van der Waals surface area contributed by atoms with Gasteiger partial charge in [-0.15, -0.1) is 0 Å². The SMILES string of the molecule is CCC(C)Nc1cc(C#N)cc(C)n1. The molecule has 0 saturated heterocycles. The molecule has 0 spiro atoms. The maximum absolute atomic E-state index is 8.77. The largest absolute Gasteiger partial charge is 0.368 e. The Labute approximate surface area is 84.8 Å². The van der Waals surface area contributed by atoms with E-state index < -0.39 is 0 Å². The van der Waals surface area contributed by atoms with E-state index in [1.807, 2.05) is 6.92 Å².